The van der Waals surface area contributed by atoms with E-state index in [1.165, 1.54) is 16.7 Å². The molecule has 3 aromatic heterocycles. The van der Waals surface area contributed by atoms with Crippen molar-refractivity contribution in [2.45, 2.75) is 31.3 Å². The lowest BCUT2D eigenvalue weighted by atomic mass is 10.2. The van der Waals surface area contributed by atoms with Gasteiger partial charge in [-0.05, 0) is 25.3 Å². The number of hydrogen-bond donors (Lipinski definition) is 3. The molecule has 4 heterocycles. The maximum absolute atomic E-state index is 13.0. The molecule has 9 nitrogen and oxygen atoms in total. The van der Waals surface area contributed by atoms with Gasteiger partial charge in [0.2, 0.25) is 5.91 Å². The number of amides is 1. The van der Waals surface area contributed by atoms with Gasteiger partial charge in [-0.2, -0.15) is 0 Å². The van der Waals surface area contributed by atoms with Crippen LogP contribution < -0.4 is 4.90 Å². The monoisotopic (exact) mass is 382 g/mol. The fourth-order valence-electron chi connectivity index (χ4n) is 4.26. The van der Waals surface area contributed by atoms with Gasteiger partial charge >= 0.3 is 0 Å². The highest BCUT2D eigenvalue weighted by Gasteiger charge is 2.52. The lowest BCUT2D eigenvalue weighted by Gasteiger charge is -2.32. The molecule has 3 N–H and O–H groups in total. The minimum absolute atomic E-state index is 0.0675. The zero-order valence-electron chi connectivity index (χ0n) is 15.4. The first kappa shape index (κ1) is 16.9. The molecule has 0 unspecified atom stereocenters. The van der Waals surface area contributed by atoms with E-state index in [9.17, 15) is 15.0 Å². The second-order valence-electron chi connectivity index (χ2n) is 7.62. The van der Waals surface area contributed by atoms with E-state index in [0.29, 0.717) is 6.54 Å². The van der Waals surface area contributed by atoms with Gasteiger partial charge in [-0.15, -0.1) is 0 Å². The van der Waals surface area contributed by atoms with E-state index in [0.717, 1.165) is 49.2 Å². The van der Waals surface area contributed by atoms with Crippen LogP contribution in [-0.4, -0.2) is 65.7 Å². The Morgan fingerprint density at radius 2 is 1.93 bits per heavy atom. The predicted octanol–water partition coefficient (Wildman–Crippen LogP) is 1.44. The van der Waals surface area contributed by atoms with Gasteiger partial charge in [-0.1, -0.05) is 0 Å². The summed E-state index contributed by atoms with van der Waals surface area (Å²) in [4.78, 5) is 29.1. The average Bonchev–Trinajstić information content (AvgIpc) is 3.25. The van der Waals surface area contributed by atoms with Crippen molar-refractivity contribution in [2.75, 3.05) is 24.5 Å². The van der Waals surface area contributed by atoms with Crippen molar-refractivity contribution in [2.24, 2.45) is 0 Å². The molecule has 3 aromatic rings. The fourth-order valence-corrected chi connectivity index (χ4v) is 4.26. The van der Waals surface area contributed by atoms with Crippen molar-refractivity contribution in [3.05, 3.63) is 30.7 Å². The van der Waals surface area contributed by atoms with Crippen LogP contribution in [0.4, 0.5) is 5.82 Å². The molecule has 1 aliphatic carbocycles. The molecule has 0 aromatic carbocycles. The number of carbonyl (C=O) groups excluding carboxylic acids is 1. The van der Waals surface area contributed by atoms with Crippen LogP contribution in [0.25, 0.3) is 11.0 Å². The van der Waals surface area contributed by atoms with Gasteiger partial charge < -0.3 is 25.0 Å². The number of hydrogen-bond acceptors (Lipinski definition) is 6. The van der Waals surface area contributed by atoms with Crippen molar-refractivity contribution in [3.8, 4) is 11.8 Å². The Labute approximate surface area is 161 Å². The Balaban J connectivity index is 1.40. The third-order valence-corrected chi connectivity index (χ3v) is 5.86. The Morgan fingerprint density at radius 3 is 2.68 bits per heavy atom. The van der Waals surface area contributed by atoms with Crippen molar-refractivity contribution < 1.29 is 15.0 Å². The quantitative estimate of drug-likeness (QED) is 0.632. The molecule has 9 heteroatoms. The molecule has 0 radical (unpaired) electrons. The molecule has 1 aliphatic heterocycles. The van der Waals surface area contributed by atoms with Crippen LogP contribution in [0.1, 0.15) is 19.3 Å². The van der Waals surface area contributed by atoms with E-state index in [-0.39, 0.29) is 29.8 Å². The highest BCUT2D eigenvalue weighted by atomic mass is 16.3. The molecule has 1 saturated carbocycles. The lowest BCUT2D eigenvalue weighted by molar-refractivity contribution is -0.134. The van der Waals surface area contributed by atoms with Crippen molar-refractivity contribution in [1.29, 1.82) is 0 Å². The van der Waals surface area contributed by atoms with Crippen molar-refractivity contribution in [3.63, 3.8) is 0 Å². The summed E-state index contributed by atoms with van der Waals surface area (Å²) in [5, 5.41) is 20.7. The average molecular weight is 382 g/mol. The number of carbonyl (C=O) groups is 1. The SMILES string of the molecule is O=C(Cn1c(O)ccc1O)N1CCCN(c2ncnc3[nH]ccc23)CC12CC2. The van der Waals surface area contributed by atoms with Gasteiger partial charge in [-0.3, -0.25) is 9.36 Å². The fraction of sp³-hybridized carbons (Fsp3) is 0.421. The Hall–Kier alpha value is -3.23. The summed E-state index contributed by atoms with van der Waals surface area (Å²) in [6, 6.07) is 4.75. The van der Waals surface area contributed by atoms with E-state index in [4.69, 9.17) is 0 Å². The number of anilines is 1. The highest BCUT2D eigenvalue weighted by molar-refractivity contribution is 5.87. The summed E-state index contributed by atoms with van der Waals surface area (Å²) >= 11 is 0. The highest BCUT2D eigenvalue weighted by Crippen LogP contribution is 2.45. The van der Waals surface area contributed by atoms with Crippen LogP contribution in [0.5, 0.6) is 11.8 Å². The van der Waals surface area contributed by atoms with Gasteiger partial charge in [0.1, 0.15) is 24.3 Å². The molecule has 0 atom stereocenters. The Kier molecular flexibility index (Phi) is 3.71. The second kappa shape index (κ2) is 6.15. The van der Waals surface area contributed by atoms with Gasteiger partial charge in [0.05, 0.1) is 10.9 Å². The first-order chi connectivity index (χ1) is 13.6. The molecule has 28 heavy (non-hydrogen) atoms. The van der Waals surface area contributed by atoms with Crippen LogP contribution in [0.2, 0.25) is 0 Å². The molecule has 1 amide bonds. The molecule has 2 fully saturated rings. The minimum Gasteiger partial charge on any atom is -0.494 e. The summed E-state index contributed by atoms with van der Waals surface area (Å²) in [7, 11) is 0. The normalized spacial score (nSPS) is 18.6. The summed E-state index contributed by atoms with van der Waals surface area (Å²) in [6.45, 7) is 2.12. The molecule has 0 bridgehead atoms. The number of fused-ring (bicyclic) bond motifs is 1. The predicted molar refractivity (Wildman–Crippen MR) is 102 cm³/mol. The first-order valence-electron chi connectivity index (χ1n) is 9.48. The van der Waals surface area contributed by atoms with Gasteiger partial charge in [0.15, 0.2) is 11.8 Å². The zero-order valence-corrected chi connectivity index (χ0v) is 15.4. The molecule has 146 valence electrons. The van der Waals surface area contributed by atoms with Crippen LogP contribution in [-0.2, 0) is 11.3 Å². The van der Waals surface area contributed by atoms with E-state index < -0.39 is 0 Å². The number of H-pyrrole nitrogens is 1. The molecule has 1 saturated heterocycles. The Bertz CT molecular complexity index is 1020. The third kappa shape index (κ3) is 2.65. The van der Waals surface area contributed by atoms with E-state index in [1.807, 2.05) is 17.2 Å². The van der Waals surface area contributed by atoms with E-state index in [1.54, 1.807) is 6.33 Å². The number of aromatic nitrogens is 4. The summed E-state index contributed by atoms with van der Waals surface area (Å²) in [5.41, 5.74) is 0.602. The van der Waals surface area contributed by atoms with Crippen LogP contribution in [0.3, 0.4) is 0 Å². The van der Waals surface area contributed by atoms with Gasteiger partial charge in [0, 0.05) is 38.0 Å². The standard InChI is InChI=1S/C19H22N6O3/c26-14-2-3-15(27)24(14)10-16(28)25-9-1-8-23(11-19(25)5-6-19)18-13-4-7-20-17(13)21-12-22-18/h2-4,7,12,26-27H,1,5-6,8-11H2,(H,20,21,22). The number of aromatic hydroxyl groups is 2. The number of nitrogens with zero attached hydrogens (tertiary/aromatic N) is 5. The second-order valence-corrected chi connectivity index (χ2v) is 7.62. The summed E-state index contributed by atoms with van der Waals surface area (Å²) in [6.07, 6.45) is 6.14. The third-order valence-electron chi connectivity index (χ3n) is 5.86. The minimum atomic E-state index is -0.209. The molecule has 1 spiro atoms. The maximum atomic E-state index is 13.0. The largest absolute Gasteiger partial charge is 0.494 e. The molecular formula is C19H22N6O3. The summed E-state index contributed by atoms with van der Waals surface area (Å²) in [5.74, 6) is 0.592. The first-order valence-corrected chi connectivity index (χ1v) is 9.48. The topological polar surface area (TPSA) is 111 Å². The van der Waals surface area contributed by atoms with Crippen LogP contribution in [0.15, 0.2) is 30.7 Å². The lowest BCUT2D eigenvalue weighted by Crippen LogP contribution is -2.47. The molecular weight excluding hydrogens is 360 g/mol. The molecule has 5 rings (SSSR count). The summed E-state index contributed by atoms with van der Waals surface area (Å²) < 4.78 is 1.23. The maximum Gasteiger partial charge on any atom is 0.243 e. The number of nitrogens with one attached hydrogen (secondary N) is 1. The smallest absolute Gasteiger partial charge is 0.243 e. The van der Waals surface area contributed by atoms with Gasteiger partial charge in [0.25, 0.3) is 0 Å². The zero-order chi connectivity index (χ0) is 19.3. The number of aromatic amines is 1. The van der Waals surface area contributed by atoms with E-state index in [2.05, 4.69) is 19.9 Å². The molecule has 2 aliphatic rings. The number of rotatable bonds is 3. The van der Waals surface area contributed by atoms with Gasteiger partial charge in [-0.25, -0.2) is 9.97 Å². The van der Waals surface area contributed by atoms with Crippen LogP contribution >= 0.6 is 0 Å². The van der Waals surface area contributed by atoms with E-state index >= 15 is 0 Å². The van der Waals surface area contributed by atoms with Crippen molar-refractivity contribution >= 4 is 22.8 Å². The van der Waals surface area contributed by atoms with Crippen LogP contribution in [0, 0.1) is 0 Å². The Morgan fingerprint density at radius 1 is 1.14 bits per heavy atom. The van der Waals surface area contributed by atoms with Crippen molar-refractivity contribution in [1.82, 2.24) is 24.4 Å².